The number of carbonyl (C=O) groups excluding carboxylic acids is 1. The van der Waals surface area contributed by atoms with Crippen molar-refractivity contribution in [2.24, 2.45) is 0 Å². The summed E-state index contributed by atoms with van der Waals surface area (Å²) >= 11 is 0. The van der Waals surface area contributed by atoms with Crippen LogP contribution in [0, 0.1) is 18.3 Å². The summed E-state index contributed by atoms with van der Waals surface area (Å²) in [5.74, 6) is -0.834. The second kappa shape index (κ2) is 4.40. The molecule has 0 bridgehead atoms. The predicted octanol–water partition coefficient (Wildman–Crippen LogP) is 3.11. The summed E-state index contributed by atoms with van der Waals surface area (Å²) in [5, 5.41) is 1.86. The second-order valence-corrected chi connectivity index (χ2v) is 4.31. The molecule has 2 amide bonds. The van der Waals surface area contributed by atoms with Gasteiger partial charge >= 0.3 is 12.2 Å². The molecule has 0 saturated heterocycles. The molecule has 1 N–H and O–H groups in total. The number of nitrogens with zero attached hydrogens (tertiary/aromatic N) is 1. The van der Waals surface area contributed by atoms with Crippen LogP contribution in [-0.2, 0) is 5.54 Å². The van der Waals surface area contributed by atoms with Gasteiger partial charge in [-0.1, -0.05) is 13.3 Å². The molecule has 0 saturated carbocycles. The van der Waals surface area contributed by atoms with Crippen LogP contribution in [0.5, 0.6) is 0 Å². The van der Waals surface area contributed by atoms with E-state index in [9.17, 15) is 22.4 Å². The van der Waals surface area contributed by atoms with Gasteiger partial charge in [-0.3, -0.25) is 0 Å². The maximum atomic E-state index is 13.4. The molecular weight excluding hydrogens is 276 g/mol. The summed E-state index contributed by atoms with van der Waals surface area (Å²) in [6, 6.07) is 3.68. The van der Waals surface area contributed by atoms with Crippen LogP contribution < -0.4 is 10.2 Å². The first-order valence-electron chi connectivity index (χ1n) is 5.72. The average molecular weight is 286 g/mol. The number of rotatable bonds is 1. The molecule has 1 aliphatic rings. The van der Waals surface area contributed by atoms with Gasteiger partial charge in [0.2, 0.25) is 0 Å². The molecular formula is C13H10F4N2O. The number of nitrogens with one attached hydrogen (secondary N) is 1. The van der Waals surface area contributed by atoms with Gasteiger partial charge in [0.1, 0.15) is 5.82 Å². The van der Waals surface area contributed by atoms with E-state index in [1.54, 1.807) is 0 Å². The van der Waals surface area contributed by atoms with Crippen LogP contribution in [0.3, 0.4) is 0 Å². The first-order valence-corrected chi connectivity index (χ1v) is 5.72. The number of halogens is 4. The Morgan fingerprint density at radius 3 is 2.60 bits per heavy atom. The number of amides is 2. The highest BCUT2D eigenvalue weighted by Crippen LogP contribution is 2.47. The smallest absolute Gasteiger partial charge is 0.319 e. The SMILES string of the molecule is C#CN1C(=O)NC(CC)(C(F)(F)F)c2cc(F)ccc21. The molecule has 0 aromatic heterocycles. The molecule has 1 atom stereocenters. The van der Waals surface area contributed by atoms with Gasteiger partial charge in [0.15, 0.2) is 5.54 Å². The molecule has 1 unspecified atom stereocenters. The molecule has 0 radical (unpaired) electrons. The summed E-state index contributed by atoms with van der Waals surface area (Å²) < 4.78 is 53.6. The normalized spacial score (nSPS) is 22.0. The second-order valence-electron chi connectivity index (χ2n) is 4.31. The first-order chi connectivity index (χ1) is 9.26. The van der Waals surface area contributed by atoms with Crippen LogP contribution in [0.2, 0.25) is 0 Å². The Balaban J connectivity index is 2.79. The van der Waals surface area contributed by atoms with E-state index < -0.39 is 35.5 Å². The molecule has 0 fully saturated rings. The average Bonchev–Trinajstić information content (AvgIpc) is 2.36. The summed E-state index contributed by atoms with van der Waals surface area (Å²) in [6.07, 6.45) is -0.127. The monoisotopic (exact) mass is 286 g/mol. The molecule has 7 heteroatoms. The number of carbonyl (C=O) groups is 1. The highest BCUT2D eigenvalue weighted by molar-refractivity contribution is 5.99. The predicted molar refractivity (Wildman–Crippen MR) is 64.3 cm³/mol. The first kappa shape index (κ1) is 14.2. The molecule has 1 aromatic rings. The van der Waals surface area contributed by atoms with Crippen LogP contribution in [0.15, 0.2) is 18.2 Å². The molecule has 0 aliphatic carbocycles. The number of fused-ring (bicyclic) bond motifs is 1. The topological polar surface area (TPSA) is 32.3 Å². The maximum absolute atomic E-state index is 13.4. The minimum Gasteiger partial charge on any atom is -0.319 e. The zero-order valence-electron chi connectivity index (χ0n) is 10.4. The number of anilines is 1. The lowest BCUT2D eigenvalue weighted by Gasteiger charge is -2.42. The number of urea groups is 1. The summed E-state index contributed by atoms with van der Waals surface area (Å²) in [5.41, 5.74) is -3.18. The highest BCUT2D eigenvalue weighted by Gasteiger charge is 2.59. The molecule has 2 rings (SSSR count). The largest absolute Gasteiger partial charge is 0.415 e. The van der Waals surface area contributed by atoms with Crippen molar-refractivity contribution in [2.45, 2.75) is 25.1 Å². The Morgan fingerprint density at radius 2 is 2.10 bits per heavy atom. The Kier molecular flexibility index (Phi) is 3.12. The third-order valence-corrected chi connectivity index (χ3v) is 3.33. The zero-order valence-corrected chi connectivity index (χ0v) is 10.4. The molecule has 1 aromatic carbocycles. The van der Waals surface area contributed by atoms with Gasteiger partial charge in [0.25, 0.3) is 0 Å². The minimum absolute atomic E-state index is 0.142. The van der Waals surface area contributed by atoms with Crippen molar-refractivity contribution in [3.63, 3.8) is 0 Å². The fourth-order valence-corrected chi connectivity index (χ4v) is 2.29. The van der Waals surface area contributed by atoms with E-state index in [0.29, 0.717) is 4.90 Å². The van der Waals surface area contributed by atoms with Gasteiger partial charge in [-0.05, 0) is 24.6 Å². The number of hydrogen-bond donors (Lipinski definition) is 1. The Bertz CT molecular complexity index is 605. The highest BCUT2D eigenvalue weighted by atomic mass is 19.4. The van der Waals surface area contributed by atoms with E-state index in [1.165, 1.54) is 6.92 Å². The molecule has 106 valence electrons. The van der Waals surface area contributed by atoms with Crippen LogP contribution in [0.25, 0.3) is 0 Å². The summed E-state index contributed by atoms with van der Waals surface area (Å²) in [4.78, 5) is 12.5. The molecule has 20 heavy (non-hydrogen) atoms. The Morgan fingerprint density at radius 1 is 1.45 bits per heavy atom. The lowest BCUT2D eigenvalue weighted by molar-refractivity contribution is -0.198. The van der Waals surface area contributed by atoms with E-state index in [-0.39, 0.29) is 5.69 Å². The maximum Gasteiger partial charge on any atom is 0.415 e. The van der Waals surface area contributed by atoms with Crippen LogP contribution in [0.4, 0.5) is 28.0 Å². The van der Waals surface area contributed by atoms with Crippen molar-refractivity contribution in [3.8, 4) is 12.5 Å². The van der Waals surface area contributed by atoms with Gasteiger partial charge in [-0.15, -0.1) is 0 Å². The van der Waals surface area contributed by atoms with Gasteiger partial charge in [-0.2, -0.15) is 13.2 Å². The third kappa shape index (κ3) is 1.80. The van der Waals surface area contributed by atoms with Crippen molar-refractivity contribution in [2.75, 3.05) is 4.90 Å². The summed E-state index contributed by atoms with van der Waals surface area (Å²) in [6.45, 7) is 1.26. The quantitative estimate of drug-likeness (QED) is 0.624. The van der Waals surface area contributed by atoms with E-state index >= 15 is 0 Å². The number of alkyl halides is 3. The van der Waals surface area contributed by atoms with E-state index in [4.69, 9.17) is 6.42 Å². The molecule has 1 heterocycles. The van der Waals surface area contributed by atoms with Crippen molar-refractivity contribution in [1.82, 2.24) is 5.32 Å². The van der Waals surface area contributed by atoms with Gasteiger partial charge in [0, 0.05) is 11.6 Å². The van der Waals surface area contributed by atoms with E-state index in [0.717, 1.165) is 18.2 Å². The number of benzene rings is 1. The molecule has 3 nitrogen and oxygen atoms in total. The van der Waals surface area contributed by atoms with Crippen molar-refractivity contribution in [3.05, 3.63) is 29.6 Å². The number of terminal acetylenes is 1. The Labute approximate surface area is 112 Å². The van der Waals surface area contributed by atoms with Gasteiger partial charge in [0.05, 0.1) is 5.69 Å². The van der Waals surface area contributed by atoms with Crippen molar-refractivity contribution >= 4 is 11.7 Å². The minimum atomic E-state index is -4.78. The fraction of sp³-hybridized carbons (Fsp3) is 0.308. The van der Waals surface area contributed by atoms with Gasteiger partial charge < -0.3 is 5.32 Å². The lowest BCUT2D eigenvalue weighted by atomic mass is 9.83. The third-order valence-electron chi connectivity index (χ3n) is 3.33. The zero-order chi connectivity index (χ0) is 15.1. The van der Waals surface area contributed by atoms with Crippen molar-refractivity contribution in [1.29, 1.82) is 0 Å². The Hall–Kier alpha value is -2.23. The lowest BCUT2D eigenvalue weighted by Crippen LogP contribution is -2.61. The number of hydrogen-bond acceptors (Lipinski definition) is 1. The van der Waals surface area contributed by atoms with Crippen LogP contribution in [0.1, 0.15) is 18.9 Å². The van der Waals surface area contributed by atoms with E-state index in [2.05, 4.69) is 0 Å². The van der Waals surface area contributed by atoms with Crippen LogP contribution in [-0.4, -0.2) is 12.2 Å². The van der Waals surface area contributed by atoms with Crippen molar-refractivity contribution < 1.29 is 22.4 Å². The van der Waals surface area contributed by atoms with E-state index in [1.807, 2.05) is 11.4 Å². The molecule has 1 aliphatic heterocycles. The molecule has 0 spiro atoms. The van der Waals surface area contributed by atoms with Gasteiger partial charge in [-0.25, -0.2) is 14.1 Å². The fourth-order valence-electron chi connectivity index (χ4n) is 2.29. The van der Waals surface area contributed by atoms with Crippen LogP contribution >= 0.6 is 0 Å². The standard InChI is InChI=1S/C13H10F4N2O/c1-3-12(13(15,16)17)9-7-8(14)5-6-10(9)19(4-2)11(20)18-12/h2,5-7H,3H2,1H3,(H,18,20). The summed E-state index contributed by atoms with van der Waals surface area (Å²) in [7, 11) is 0.